The van der Waals surface area contributed by atoms with Gasteiger partial charge >= 0.3 is 0 Å². The summed E-state index contributed by atoms with van der Waals surface area (Å²) < 4.78 is 0. The van der Waals surface area contributed by atoms with Crippen LogP contribution in [-0.2, 0) is 24.3 Å². The summed E-state index contributed by atoms with van der Waals surface area (Å²) in [5.41, 5.74) is 2.08. The third kappa shape index (κ3) is 3.59. The van der Waals surface area contributed by atoms with Gasteiger partial charge < -0.3 is 10.2 Å². The van der Waals surface area contributed by atoms with Gasteiger partial charge in [0.05, 0.1) is 4.88 Å². The van der Waals surface area contributed by atoms with E-state index >= 15 is 0 Å². The lowest BCUT2D eigenvalue weighted by molar-refractivity contribution is -0.131. The molecule has 0 saturated carbocycles. The van der Waals surface area contributed by atoms with E-state index < -0.39 is 0 Å². The highest BCUT2D eigenvalue weighted by molar-refractivity contribution is 7.14. The van der Waals surface area contributed by atoms with Crippen molar-refractivity contribution in [3.05, 3.63) is 51.5 Å². The lowest BCUT2D eigenvalue weighted by atomic mass is 10.1. The van der Waals surface area contributed by atoms with E-state index in [1.54, 1.807) is 12.4 Å². The Balaban J connectivity index is 1.65. The molecule has 3 heterocycles. The Labute approximate surface area is 139 Å². The summed E-state index contributed by atoms with van der Waals surface area (Å²) in [6.07, 6.45) is 4.81. The van der Waals surface area contributed by atoms with E-state index in [0.29, 0.717) is 24.4 Å². The zero-order chi connectivity index (χ0) is 16.2. The Hall–Kier alpha value is -2.21. The van der Waals surface area contributed by atoms with Crippen LogP contribution in [0.2, 0.25) is 0 Å². The largest absolute Gasteiger partial charge is 0.347 e. The summed E-state index contributed by atoms with van der Waals surface area (Å²) in [6.45, 7) is 3.71. The van der Waals surface area contributed by atoms with Gasteiger partial charge in [0.15, 0.2) is 0 Å². The van der Waals surface area contributed by atoms with E-state index in [4.69, 9.17) is 0 Å². The third-order valence-electron chi connectivity index (χ3n) is 3.92. The maximum absolute atomic E-state index is 12.3. The number of aromatic nitrogens is 1. The maximum atomic E-state index is 12.3. The monoisotopic (exact) mass is 329 g/mol. The molecule has 2 aromatic heterocycles. The number of pyridine rings is 1. The molecule has 0 atom stereocenters. The minimum atomic E-state index is -0.0679. The molecule has 0 spiro atoms. The van der Waals surface area contributed by atoms with Crippen LogP contribution in [0.5, 0.6) is 0 Å². The first-order valence-corrected chi connectivity index (χ1v) is 8.55. The lowest BCUT2D eigenvalue weighted by Crippen LogP contribution is -2.34. The van der Waals surface area contributed by atoms with Crippen molar-refractivity contribution in [3.63, 3.8) is 0 Å². The predicted octanol–water partition coefficient (Wildman–Crippen LogP) is 2.37. The Morgan fingerprint density at radius 3 is 3.04 bits per heavy atom. The van der Waals surface area contributed by atoms with E-state index in [9.17, 15) is 9.59 Å². The molecule has 6 heteroatoms. The van der Waals surface area contributed by atoms with Crippen molar-refractivity contribution in [3.8, 4) is 0 Å². The first-order chi connectivity index (χ1) is 11.2. The van der Waals surface area contributed by atoms with Crippen molar-refractivity contribution in [2.24, 2.45) is 0 Å². The summed E-state index contributed by atoms with van der Waals surface area (Å²) >= 11 is 1.53. The van der Waals surface area contributed by atoms with Crippen molar-refractivity contribution < 1.29 is 9.59 Å². The predicted molar refractivity (Wildman–Crippen MR) is 89.1 cm³/mol. The van der Waals surface area contributed by atoms with Gasteiger partial charge in [0.25, 0.3) is 5.91 Å². The molecule has 0 unspecified atom stereocenters. The zero-order valence-electron chi connectivity index (χ0n) is 13.0. The van der Waals surface area contributed by atoms with Gasteiger partial charge in [0, 0.05) is 43.3 Å². The molecule has 0 fully saturated rings. The van der Waals surface area contributed by atoms with Gasteiger partial charge in [-0.3, -0.25) is 14.6 Å². The van der Waals surface area contributed by atoms with Gasteiger partial charge in [-0.15, -0.1) is 11.3 Å². The van der Waals surface area contributed by atoms with Crippen molar-refractivity contribution in [2.75, 3.05) is 6.54 Å². The van der Waals surface area contributed by atoms with E-state index in [1.165, 1.54) is 16.2 Å². The summed E-state index contributed by atoms with van der Waals surface area (Å²) in [7, 11) is 0. The van der Waals surface area contributed by atoms with Crippen LogP contribution in [0, 0.1) is 0 Å². The normalized spacial score (nSPS) is 13.5. The van der Waals surface area contributed by atoms with E-state index in [0.717, 1.165) is 24.1 Å². The minimum absolute atomic E-state index is 0.0679. The molecule has 23 heavy (non-hydrogen) atoms. The maximum Gasteiger partial charge on any atom is 0.261 e. The minimum Gasteiger partial charge on any atom is -0.347 e. The van der Waals surface area contributed by atoms with E-state index in [2.05, 4.69) is 10.3 Å². The Kier molecular flexibility index (Phi) is 4.71. The second-order valence-corrected chi connectivity index (χ2v) is 6.66. The van der Waals surface area contributed by atoms with Crippen molar-refractivity contribution in [1.82, 2.24) is 15.2 Å². The molecule has 0 aliphatic carbocycles. The number of carbonyl (C=O) groups excluding carboxylic acids is 2. The molecule has 1 aliphatic heterocycles. The number of amides is 2. The van der Waals surface area contributed by atoms with Crippen molar-refractivity contribution in [2.45, 2.75) is 32.9 Å². The molecule has 120 valence electrons. The number of hydrogen-bond donors (Lipinski definition) is 1. The summed E-state index contributed by atoms with van der Waals surface area (Å²) in [4.78, 5) is 32.0. The van der Waals surface area contributed by atoms with E-state index in [-0.39, 0.29) is 11.8 Å². The van der Waals surface area contributed by atoms with Crippen LogP contribution < -0.4 is 5.32 Å². The van der Waals surface area contributed by atoms with Crippen LogP contribution >= 0.6 is 11.3 Å². The second-order valence-electron chi connectivity index (χ2n) is 5.52. The van der Waals surface area contributed by atoms with Gasteiger partial charge in [-0.1, -0.05) is 13.0 Å². The first kappa shape index (κ1) is 15.7. The number of thiophene rings is 1. The number of rotatable bonds is 4. The quantitative estimate of drug-likeness (QED) is 0.937. The highest BCUT2D eigenvalue weighted by Gasteiger charge is 2.23. The second kappa shape index (κ2) is 6.91. The molecule has 1 aliphatic rings. The molecule has 1 N–H and O–H groups in total. The Bertz CT molecular complexity index is 712. The molecule has 2 amide bonds. The molecule has 0 radical (unpaired) electrons. The number of hydrogen-bond acceptors (Lipinski definition) is 4. The van der Waals surface area contributed by atoms with Gasteiger partial charge in [-0.05, 0) is 29.7 Å². The van der Waals surface area contributed by atoms with Crippen LogP contribution in [0.15, 0.2) is 30.6 Å². The van der Waals surface area contributed by atoms with E-state index in [1.807, 2.05) is 30.0 Å². The molecule has 5 nitrogen and oxygen atoms in total. The molecule has 2 aromatic rings. The topological polar surface area (TPSA) is 62.3 Å². The number of carbonyl (C=O) groups is 2. The Morgan fingerprint density at radius 2 is 2.30 bits per heavy atom. The zero-order valence-corrected chi connectivity index (χ0v) is 13.9. The standard InChI is InChI=1S/C17H19N3O2S/c1-2-16(21)20-7-5-14-13(11-20)8-15(23-14)17(22)19-10-12-4-3-6-18-9-12/h3-4,6,8-9H,2,5,7,10-11H2,1H3,(H,19,22). The fourth-order valence-electron chi connectivity index (χ4n) is 2.65. The van der Waals surface area contributed by atoms with Gasteiger partial charge in [0.1, 0.15) is 0 Å². The molecular weight excluding hydrogens is 310 g/mol. The summed E-state index contributed by atoms with van der Waals surface area (Å²) in [5, 5.41) is 2.92. The summed E-state index contributed by atoms with van der Waals surface area (Å²) in [6, 6.07) is 5.71. The average molecular weight is 329 g/mol. The number of fused-ring (bicyclic) bond motifs is 1. The fraction of sp³-hybridized carbons (Fsp3) is 0.353. The van der Waals surface area contributed by atoms with Crippen LogP contribution in [0.1, 0.15) is 39.0 Å². The number of nitrogens with zero attached hydrogens (tertiary/aromatic N) is 2. The van der Waals surface area contributed by atoms with Crippen LogP contribution in [0.4, 0.5) is 0 Å². The highest BCUT2D eigenvalue weighted by atomic mass is 32.1. The molecule has 0 bridgehead atoms. The fourth-order valence-corrected chi connectivity index (χ4v) is 3.73. The van der Waals surface area contributed by atoms with Crippen molar-refractivity contribution in [1.29, 1.82) is 0 Å². The van der Waals surface area contributed by atoms with Crippen LogP contribution in [0.3, 0.4) is 0 Å². The molecule has 0 saturated heterocycles. The molecule has 3 rings (SSSR count). The van der Waals surface area contributed by atoms with Crippen LogP contribution in [0.25, 0.3) is 0 Å². The van der Waals surface area contributed by atoms with Gasteiger partial charge in [-0.25, -0.2) is 0 Å². The molecular formula is C17H19N3O2S. The lowest BCUT2D eigenvalue weighted by Gasteiger charge is -2.26. The third-order valence-corrected chi connectivity index (χ3v) is 5.16. The Morgan fingerprint density at radius 1 is 1.43 bits per heavy atom. The molecule has 0 aromatic carbocycles. The SMILES string of the molecule is CCC(=O)N1CCc2sc(C(=O)NCc3cccnc3)cc2C1. The van der Waals surface area contributed by atoms with Crippen molar-refractivity contribution >= 4 is 23.2 Å². The number of nitrogens with one attached hydrogen (secondary N) is 1. The first-order valence-electron chi connectivity index (χ1n) is 7.74. The highest BCUT2D eigenvalue weighted by Crippen LogP contribution is 2.28. The van der Waals surface area contributed by atoms with Crippen LogP contribution in [-0.4, -0.2) is 28.2 Å². The average Bonchev–Trinajstić information content (AvgIpc) is 3.03. The van der Waals surface area contributed by atoms with Gasteiger partial charge in [0.2, 0.25) is 5.91 Å². The smallest absolute Gasteiger partial charge is 0.261 e. The summed E-state index contributed by atoms with van der Waals surface area (Å²) in [5.74, 6) is 0.103. The van der Waals surface area contributed by atoms with Gasteiger partial charge in [-0.2, -0.15) is 0 Å².